The molecule has 4 rings (SSSR count). The Labute approximate surface area is 164 Å². The third-order valence-corrected chi connectivity index (χ3v) is 7.44. The number of hydrogen-bond donors (Lipinski definition) is 3. The molecule has 1 aromatic carbocycles. The Balaban J connectivity index is 1.53. The highest BCUT2D eigenvalue weighted by molar-refractivity contribution is 5.76. The van der Waals surface area contributed by atoms with Gasteiger partial charge in [-0.3, -0.25) is 9.59 Å². The third-order valence-electron chi connectivity index (χ3n) is 7.44. The molecule has 0 aromatic heterocycles. The molecule has 0 aliphatic heterocycles. The van der Waals surface area contributed by atoms with Crippen LogP contribution < -0.4 is 0 Å². The van der Waals surface area contributed by atoms with Gasteiger partial charge < -0.3 is 20.1 Å². The van der Waals surface area contributed by atoms with E-state index in [1.165, 1.54) is 11.1 Å². The number of phenols is 1. The Hall–Kier alpha value is -2.08. The Morgan fingerprint density at radius 2 is 2.04 bits per heavy atom. The van der Waals surface area contributed by atoms with E-state index in [1.54, 1.807) is 6.07 Å². The Morgan fingerprint density at radius 1 is 1.25 bits per heavy atom. The second kappa shape index (κ2) is 7.07. The summed E-state index contributed by atoms with van der Waals surface area (Å²) in [5.74, 6) is -0.160. The maximum atomic E-state index is 12.1. The van der Waals surface area contributed by atoms with Crippen molar-refractivity contribution in [2.45, 2.75) is 70.0 Å². The monoisotopic (exact) mass is 388 g/mol. The molecule has 1 aromatic rings. The molecule has 0 bridgehead atoms. The summed E-state index contributed by atoms with van der Waals surface area (Å²) >= 11 is 0. The van der Waals surface area contributed by atoms with Crippen LogP contribution in [0.3, 0.4) is 0 Å². The van der Waals surface area contributed by atoms with Crippen molar-refractivity contribution in [2.75, 3.05) is 0 Å². The largest absolute Gasteiger partial charge is 0.508 e. The number of rotatable bonds is 4. The molecule has 0 radical (unpaired) electrons. The SMILES string of the molecule is C[C@]12CC[C@@H]3c4ccc(O)cc4CC[C@H]3[C@@H]1C[C@@H](O)[C@@H]2OC(=O)CCC(=O)O. The first kappa shape index (κ1) is 19.2. The summed E-state index contributed by atoms with van der Waals surface area (Å²) in [5, 5.41) is 29.3. The average molecular weight is 388 g/mol. The number of carboxylic acids is 1. The quantitative estimate of drug-likeness (QED) is 0.685. The van der Waals surface area contributed by atoms with E-state index in [2.05, 4.69) is 6.92 Å². The molecule has 0 spiro atoms. The van der Waals surface area contributed by atoms with Gasteiger partial charge in [0.2, 0.25) is 0 Å². The zero-order valence-electron chi connectivity index (χ0n) is 16.1. The number of aliphatic hydroxyl groups is 1. The normalized spacial score (nSPS) is 36.1. The molecule has 152 valence electrons. The van der Waals surface area contributed by atoms with Gasteiger partial charge in [0.05, 0.1) is 18.9 Å². The Morgan fingerprint density at radius 3 is 2.79 bits per heavy atom. The number of ether oxygens (including phenoxy) is 1. The highest BCUT2D eigenvalue weighted by Crippen LogP contribution is 2.61. The standard InChI is InChI=1S/C22H28O6/c1-22-9-8-15-14-5-3-13(23)10-12(14)2-4-16(15)17(22)11-18(24)21(22)28-20(27)7-6-19(25)26/h3,5,10,15-18,21,23-24H,2,4,6-9,11H2,1H3,(H,25,26)/t15-,16-,17+,18-,21+,22+/m1/s1. The lowest BCUT2D eigenvalue weighted by Gasteiger charge is -2.50. The van der Waals surface area contributed by atoms with Crippen molar-refractivity contribution >= 4 is 11.9 Å². The molecule has 28 heavy (non-hydrogen) atoms. The lowest BCUT2D eigenvalue weighted by molar-refractivity contribution is -0.165. The molecule has 6 atom stereocenters. The molecule has 3 aliphatic rings. The number of aromatic hydroxyl groups is 1. The van der Waals surface area contributed by atoms with Crippen LogP contribution in [-0.2, 0) is 20.7 Å². The second-order valence-electron chi connectivity index (χ2n) is 8.95. The zero-order chi connectivity index (χ0) is 20.1. The van der Waals surface area contributed by atoms with Crippen LogP contribution in [0.25, 0.3) is 0 Å². The molecular weight excluding hydrogens is 360 g/mol. The fourth-order valence-corrected chi connectivity index (χ4v) is 6.16. The summed E-state index contributed by atoms with van der Waals surface area (Å²) in [6.45, 7) is 2.12. The topological polar surface area (TPSA) is 104 Å². The molecule has 0 amide bonds. The van der Waals surface area contributed by atoms with Gasteiger partial charge in [0.1, 0.15) is 11.9 Å². The van der Waals surface area contributed by atoms with E-state index < -0.39 is 24.1 Å². The first-order valence-corrected chi connectivity index (χ1v) is 10.2. The first-order valence-electron chi connectivity index (χ1n) is 10.2. The maximum absolute atomic E-state index is 12.1. The van der Waals surface area contributed by atoms with Crippen LogP contribution in [0.4, 0.5) is 0 Å². The minimum atomic E-state index is -1.03. The number of fused-ring (bicyclic) bond motifs is 5. The van der Waals surface area contributed by atoms with Gasteiger partial charge >= 0.3 is 11.9 Å². The molecule has 0 saturated heterocycles. The maximum Gasteiger partial charge on any atom is 0.306 e. The van der Waals surface area contributed by atoms with Crippen LogP contribution >= 0.6 is 0 Å². The minimum absolute atomic E-state index is 0.164. The van der Waals surface area contributed by atoms with E-state index in [9.17, 15) is 19.8 Å². The van der Waals surface area contributed by atoms with E-state index in [4.69, 9.17) is 9.84 Å². The number of carboxylic acid groups (broad SMARTS) is 1. The second-order valence-corrected chi connectivity index (χ2v) is 8.95. The predicted molar refractivity (Wildman–Crippen MR) is 101 cm³/mol. The molecule has 3 N–H and O–H groups in total. The van der Waals surface area contributed by atoms with Crippen molar-refractivity contribution in [3.05, 3.63) is 29.3 Å². The number of hydrogen-bond acceptors (Lipinski definition) is 5. The van der Waals surface area contributed by atoms with Crippen molar-refractivity contribution < 1.29 is 29.6 Å². The van der Waals surface area contributed by atoms with Crippen LogP contribution in [0.5, 0.6) is 5.75 Å². The van der Waals surface area contributed by atoms with Crippen LogP contribution in [0, 0.1) is 17.3 Å². The summed E-state index contributed by atoms with van der Waals surface area (Å²) in [7, 11) is 0. The van der Waals surface area contributed by atoms with Crippen molar-refractivity contribution in [2.24, 2.45) is 17.3 Å². The predicted octanol–water partition coefficient (Wildman–Crippen LogP) is 3.00. The van der Waals surface area contributed by atoms with Crippen LogP contribution in [0.1, 0.15) is 62.5 Å². The summed E-state index contributed by atoms with van der Waals surface area (Å²) in [6.07, 6.45) is 2.66. The molecule has 2 fully saturated rings. The fraction of sp³-hybridized carbons (Fsp3) is 0.636. The minimum Gasteiger partial charge on any atom is -0.508 e. The van der Waals surface area contributed by atoms with E-state index in [1.807, 2.05) is 12.1 Å². The lowest BCUT2D eigenvalue weighted by atomic mass is 9.55. The zero-order valence-corrected chi connectivity index (χ0v) is 16.1. The average Bonchev–Trinajstić information content (AvgIpc) is 2.90. The Kier molecular flexibility index (Phi) is 4.86. The summed E-state index contributed by atoms with van der Waals surface area (Å²) in [5.41, 5.74) is 2.25. The molecule has 6 heteroatoms. The van der Waals surface area contributed by atoms with Crippen molar-refractivity contribution in [1.82, 2.24) is 0 Å². The number of aliphatic carboxylic acids is 1. The van der Waals surface area contributed by atoms with Crippen LogP contribution in [-0.4, -0.2) is 39.5 Å². The molecule has 6 nitrogen and oxygen atoms in total. The van der Waals surface area contributed by atoms with Crippen LogP contribution in [0.15, 0.2) is 18.2 Å². The number of carbonyl (C=O) groups is 2. The number of aliphatic hydroxyl groups excluding tert-OH is 1. The van der Waals surface area contributed by atoms with E-state index in [0.29, 0.717) is 24.0 Å². The summed E-state index contributed by atoms with van der Waals surface area (Å²) in [4.78, 5) is 22.8. The van der Waals surface area contributed by atoms with E-state index in [0.717, 1.165) is 25.7 Å². The van der Waals surface area contributed by atoms with Gasteiger partial charge in [0.15, 0.2) is 0 Å². The molecule has 2 saturated carbocycles. The molecular formula is C22H28O6. The third kappa shape index (κ3) is 3.17. The van der Waals surface area contributed by atoms with Gasteiger partial charge in [-0.2, -0.15) is 0 Å². The number of benzene rings is 1. The van der Waals surface area contributed by atoms with E-state index >= 15 is 0 Å². The summed E-state index contributed by atoms with van der Waals surface area (Å²) in [6, 6.07) is 5.67. The van der Waals surface area contributed by atoms with Gasteiger partial charge in [0, 0.05) is 5.41 Å². The number of carbonyl (C=O) groups excluding carboxylic acids is 1. The lowest BCUT2D eigenvalue weighted by Crippen LogP contribution is -2.46. The first-order chi connectivity index (χ1) is 13.3. The van der Waals surface area contributed by atoms with Gasteiger partial charge in [0.25, 0.3) is 0 Å². The van der Waals surface area contributed by atoms with Gasteiger partial charge in [-0.25, -0.2) is 0 Å². The molecule has 3 aliphatic carbocycles. The Bertz CT molecular complexity index is 789. The van der Waals surface area contributed by atoms with Gasteiger partial charge in [-0.05, 0) is 73.1 Å². The molecule has 0 heterocycles. The highest BCUT2D eigenvalue weighted by atomic mass is 16.6. The van der Waals surface area contributed by atoms with Crippen molar-refractivity contribution in [1.29, 1.82) is 0 Å². The summed E-state index contributed by atoms with van der Waals surface area (Å²) < 4.78 is 5.63. The van der Waals surface area contributed by atoms with Crippen LogP contribution in [0.2, 0.25) is 0 Å². The van der Waals surface area contributed by atoms with Gasteiger partial charge in [-0.15, -0.1) is 0 Å². The van der Waals surface area contributed by atoms with Crippen molar-refractivity contribution in [3.8, 4) is 5.75 Å². The van der Waals surface area contributed by atoms with Crippen molar-refractivity contribution in [3.63, 3.8) is 0 Å². The van der Waals surface area contributed by atoms with E-state index in [-0.39, 0.29) is 24.2 Å². The fourth-order valence-electron chi connectivity index (χ4n) is 6.16. The number of esters is 1. The number of phenolic OH excluding ortho intramolecular Hbond substituents is 1. The smallest absolute Gasteiger partial charge is 0.306 e. The molecule has 0 unspecified atom stereocenters. The number of aryl methyl sites for hydroxylation is 1. The highest BCUT2D eigenvalue weighted by Gasteiger charge is 2.59. The van der Waals surface area contributed by atoms with Gasteiger partial charge in [-0.1, -0.05) is 13.0 Å².